The molecular formula is C14H17NO2. The van der Waals surface area contributed by atoms with Gasteiger partial charge in [0.1, 0.15) is 6.23 Å². The van der Waals surface area contributed by atoms with Gasteiger partial charge in [-0.15, -0.1) is 0 Å². The van der Waals surface area contributed by atoms with Gasteiger partial charge in [0.2, 0.25) is 5.91 Å². The number of rotatable bonds is 2. The average Bonchev–Trinajstić information content (AvgIpc) is 3.04. The van der Waals surface area contributed by atoms with Crippen molar-refractivity contribution < 1.29 is 9.90 Å². The predicted molar refractivity (Wildman–Crippen MR) is 63.9 cm³/mol. The lowest BCUT2D eigenvalue weighted by atomic mass is 9.91. The maximum atomic E-state index is 12.0. The molecule has 1 spiro atoms. The molecule has 1 aliphatic carbocycles. The number of benzene rings is 1. The molecule has 0 aromatic heterocycles. The van der Waals surface area contributed by atoms with Gasteiger partial charge in [-0.05, 0) is 30.2 Å². The fourth-order valence-electron chi connectivity index (χ4n) is 2.69. The molecule has 2 aliphatic rings. The molecule has 1 heterocycles. The Hall–Kier alpha value is -1.35. The molecule has 1 aromatic carbocycles. The molecule has 1 atom stereocenters. The zero-order chi connectivity index (χ0) is 11.9. The minimum atomic E-state index is -0.598. The number of likely N-dealkylation sites (tertiary alicyclic amines) is 1. The molecule has 1 aromatic rings. The summed E-state index contributed by atoms with van der Waals surface area (Å²) in [5.41, 5.74) is 1.23. The Morgan fingerprint density at radius 1 is 1.29 bits per heavy atom. The number of carbonyl (C=O) groups excluding carboxylic acids is 1. The van der Waals surface area contributed by atoms with Crippen LogP contribution in [-0.4, -0.2) is 22.1 Å². The van der Waals surface area contributed by atoms with Crippen molar-refractivity contribution in [1.82, 2.24) is 4.90 Å². The van der Waals surface area contributed by atoms with E-state index in [0.29, 0.717) is 13.0 Å². The number of aliphatic hydroxyl groups is 1. The Balaban J connectivity index is 1.73. The highest BCUT2D eigenvalue weighted by atomic mass is 16.3. The van der Waals surface area contributed by atoms with Crippen LogP contribution in [0, 0.1) is 5.41 Å². The molecule has 2 fully saturated rings. The molecule has 1 unspecified atom stereocenters. The van der Waals surface area contributed by atoms with E-state index in [0.717, 1.165) is 24.8 Å². The highest BCUT2D eigenvalue weighted by molar-refractivity contribution is 5.78. The van der Waals surface area contributed by atoms with Gasteiger partial charge in [0.15, 0.2) is 0 Å². The van der Waals surface area contributed by atoms with E-state index in [4.69, 9.17) is 0 Å². The van der Waals surface area contributed by atoms with Gasteiger partial charge in [-0.25, -0.2) is 0 Å². The van der Waals surface area contributed by atoms with Gasteiger partial charge in [-0.2, -0.15) is 0 Å². The van der Waals surface area contributed by atoms with Crippen LogP contribution in [0.5, 0.6) is 0 Å². The minimum absolute atomic E-state index is 0.102. The third kappa shape index (κ3) is 2.07. The van der Waals surface area contributed by atoms with Crippen molar-refractivity contribution in [3.8, 4) is 0 Å². The second-order valence-electron chi connectivity index (χ2n) is 5.37. The molecule has 17 heavy (non-hydrogen) atoms. The lowest BCUT2D eigenvalue weighted by Gasteiger charge is -2.36. The first-order valence-corrected chi connectivity index (χ1v) is 6.20. The van der Waals surface area contributed by atoms with Crippen LogP contribution in [0.25, 0.3) is 0 Å². The van der Waals surface area contributed by atoms with Gasteiger partial charge in [-0.3, -0.25) is 4.79 Å². The Bertz CT molecular complexity index is 425. The summed E-state index contributed by atoms with van der Waals surface area (Å²) in [6, 6.07) is 9.84. The third-order valence-corrected chi connectivity index (χ3v) is 3.97. The summed E-state index contributed by atoms with van der Waals surface area (Å²) < 4.78 is 0. The van der Waals surface area contributed by atoms with E-state index < -0.39 is 6.23 Å². The molecule has 1 aliphatic heterocycles. The number of aliphatic hydroxyl groups excluding tert-OH is 1. The van der Waals surface area contributed by atoms with Gasteiger partial charge in [0, 0.05) is 13.0 Å². The largest absolute Gasteiger partial charge is 0.373 e. The van der Waals surface area contributed by atoms with Crippen molar-refractivity contribution in [2.75, 3.05) is 0 Å². The second kappa shape index (κ2) is 3.84. The lowest BCUT2D eigenvalue weighted by molar-refractivity contribution is -0.152. The first-order valence-electron chi connectivity index (χ1n) is 6.20. The number of amides is 1. The van der Waals surface area contributed by atoms with Crippen LogP contribution in [0.2, 0.25) is 0 Å². The fraction of sp³-hybridized carbons (Fsp3) is 0.500. The number of piperidine rings is 1. The molecule has 3 heteroatoms. The van der Waals surface area contributed by atoms with Crippen molar-refractivity contribution in [3.05, 3.63) is 35.9 Å². The van der Waals surface area contributed by atoms with E-state index in [1.54, 1.807) is 4.90 Å². The van der Waals surface area contributed by atoms with E-state index >= 15 is 0 Å². The molecule has 1 saturated carbocycles. The Morgan fingerprint density at radius 2 is 2.00 bits per heavy atom. The molecule has 0 radical (unpaired) electrons. The molecule has 1 amide bonds. The van der Waals surface area contributed by atoms with Gasteiger partial charge in [0.05, 0.1) is 0 Å². The molecule has 0 bridgehead atoms. The van der Waals surface area contributed by atoms with Crippen LogP contribution < -0.4 is 0 Å². The summed E-state index contributed by atoms with van der Waals surface area (Å²) in [4.78, 5) is 13.6. The Labute approximate surface area is 101 Å². The Kier molecular flexibility index (Phi) is 2.44. The molecular weight excluding hydrogens is 214 g/mol. The summed E-state index contributed by atoms with van der Waals surface area (Å²) in [6.45, 7) is 0.525. The second-order valence-corrected chi connectivity index (χ2v) is 5.37. The van der Waals surface area contributed by atoms with Crippen molar-refractivity contribution in [2.45, 2.75) is 38.5 Å². The van der Waals surface area contributed by atoms with Crippen molar-refractivity contribution in [2.24, 2.45) is 5.41 Å². The summed E-state index contributed by atoms with van der Waals surface area (Å²) in [7, 11) is 0. The number of hydrogen-bond donors (Lipinski definition) is 1. The minimum Gasteiger partial charge on any atom is -0.373 e. The van der Waals surface area contributed by atoms with Crippen molar-refractivity contribution >= 4 is 5.91 Å². The quantitative estimate of drug-likeness (QED) is 0.844. The molecule has 1 N–H and O–H groups in total. The van der Waals surface area contributed by atoms with Crippen molar-refractivity contribution in [1.29, 1.82) is 0 Å². The first-order chi connectivity index (χ1) is 8.19. The molecule has 1 saturated heterocycles. The van der Waals surface area contributed by atoms with Crippen LogP contribution in [0.3, 0.4) is 0 Å². The first kappa shape index (κ1) is 10.8. The lowest BCUT2D eigenvalue weighted by Crippen LogP contribution is -2.46. The standard InChI is InChI=1S/C14H17NO2/c16-12-8-14(6-7-14)9-13(17)15(12)10-11-4-2-1-3-5-11/h1-5,12,16H,6-10H2. The number of carbonyl (C=O) groups is 1. The normalized spacial score (nSPS) is 26.3. The maximum absolute atomic E-state index is 12.0. The predicted octanol–water partition coefficient (Wildman–Crippen LogP) is 1.91. The van der Waals surface area contributed by atoms with E-state index in [2.05, 4.69) is 0 Å². The van der Waals surface area contributed by atoms with E-state index in [1.165, 1.54) is 0 Å². The highest BCUT2D eigenvalue weighted by Crippen LogP contribution is 2.55. The van der Waals surface area contributed by atoms with Gasteiger partial charge in [0.25, 0.3) is 0 Å². The molecule has 3 rings (SSSR count). The van der Waals surface area contributed by atoms with Crippen LogP contribution in [-0.2, 0) is 11.3 Å². The van der Waals surface area contributed by atoms with E-state index in [1.807, 2.05) is 30.3 Å². The van der Waals surface area contributed by atoms with E-state index in [9.17, 15) is 9.90 Å². The zero-order valence-corrected chi connectivity index (χ0v) is 9.80. The SMILES string of the molecule is O=C1CC2(CC2)CC(O)N1Cc1ccccc1. The highest BCUT2D eigenvalue weighted by Gasteiger charge is 2.50. The summed E-state index contributed by atoms with van der Waals surface area (Å²) in [6.07, 6.45) is 2.99. The summed E-state index contributed by atoms with van der Waals surface area (Å²) in [5, 5.41) is 10.1. The average molecular weight is 231 g/mol. The summed E-state index contributed by atoms with van der Waals surface area (Å²) in [5.74, 6) is 0.102. The van der Waals surface area contributed by atoms with E-state index in [-0.39, 0.29) is 11.3 Å². The maximum Gasteiger partial charge on any atom is 0.225 e. The molecule has 3 nitrogen and oxygen atoms in total. The topological polar surface area (TPSA) is 40.5 Å². The monoisotopic (exact) mass is 231 g/mol. The van der Waals surface area contributed by atoms with Crippen LogP contribution in [0.15, 0.2) is 30.3 Å². The zero-order valence-electron chi connectivity index (χ0n) is 9.80. The molecule has 90 valence electrons. The van der Waals surface area contributed by atoms with Gasteiger partial charge < -0.3 is 10.0 Å². The van der Waals surface area contributed by atoms with Crippen LogP contribution >= 0.6 is 0 Å². The number of hydrogen-bond acceptors (Lipinski definition) is 2. The van der Waals surface area contributed by atoms with Crippen molar-refractivity contribution in [3.63, 3.8) is 0 Å². The Morgan fingerprint density at radius 3 is 2.59 bits per heavy atom. The number of nitrogens with zero attached hydrogens (tertiary/aromatic N) is 1. The third-order valence-electron chi connectivity index (χ3n) is 3.97. The smallest absolute Gasteiger partial charge is 0.225 e. The fourth-order valence-corrected chi connectivity index (χ4v) is 2.69. The van der Waals surface area contributed by atoms with Crippen LogP contribution in [0.1, 0.15) is 31.2 Å². The summed E-state index contributed by atoms with van der Waals surface area (Å²) >= 11 is 0. The van der Waals surface area contributed by atoms with Gasteiger partial charge >= 0.3 is 0 Å². The van der Waals surface area contributed by atoms with Gasteiger partial charge in [-0.1, -0.05) is 30.3 Å². The van der Waals surface area contributed by atoms with Crippen LogP contribution in [0.4, 0.5) is 0 Å².